The minimum atomic E-state index is -1.14. The van der Waals surface area contributed by atoms with Gasteiger partial charge in [-0.1, -0.05) is 41.4 Å². The van der Waals surface area contributed by atoms with Crippen LogP contribution in [0, 0.1) is 6.92 Å². The van der Waals surface area contributed by atoms with Gasteiger partial charge in [-0.25, -0.2) is 0 Å². The zero-order valence-corrected chi connectivity index (χ0v) is 16.6. The van der Waals surface area contributed by atoms with Crippen LogP contribution in [0.25, 0.3) is 5.57 Å². The van der Waals surface area contributed by atoms with Gasteiger partial charge in [-0.2, -0.15) is 0 Å². The average molecular weight is 390 g/mol. The third kappa shape index (κ3) is 4.64. The zero-order chi connectivity index (χ0) is 20.3. The second kappa shape index (κ2) is 8.91. The number of aryl methyl sites for hydroxylation is 1. The van der Waals surface area contributed by atoms with Gasteiger partial charge in [0.2, 0.25) is 0 Å². The molecule has 0 heterocycles. The van der Waals surface area contributed by atoms with E-state index in [0.29, 0.717) is 12.2 Å². The molecule has 3 nitrogen and oxygen atoms in total. The van der Waals surface area contributed by atoms with E-state index >= 15 is 0 Å². The molecule has 0 aliphatic heterocycles. The molecule has 0 saturated heterocycles. The highest BCUT2D eigenvalue weighted by Crippen LogP contribution is 2.35. The van der Waals surface area contributed by atoms with Crippen LogP contribution in [0.4, 0.5) is 0 Å². The van der Waals surface area contributed by atoms with Gasteiger partial charge < -0.3 is 9.84 Å². The van der Waals surface area contributed by atoms with Gasteiger partial charge in [-0.05, 0) is 72.5 Å². The summed E-state index contributed by atoms with van der Waals surface area (Å²) in [7, 11) is 11.6. The molecule has 0 saturated carbocycles. The van der Waals surface area contributed by atoms with Crippen LogP contribution in [0.5, 0.6) is 5.75 Å². The molecule has 0 aromatic heterocycles. The number of carbonyl (C=O) groups is 1. The predicted octanol–water partition coefficient (Wildman–Crippen LogP) is 4.92. The smallest absolute Gasteiger partial charge is 0.297 e. The van der Waals surface area contributed by atoms with Gasteiger partial charge in [0.15, 0.2) is 0 Å². The Bertz CT molecular complexity index is 893. The molecule has 2 unspecified atom stereocenters. The first-order valence-electron chi connectivity index (χ1n) is 9.31. The lowest BCUT2D eigenvalue weighted by Crippen LogP contribution is -2.17. The van der Waals surface area contributed by atoms with E-state index in [-0.39, 0.29) is 0 Å². The van der Waals surface area contributed by atoms with Crippen LogP contribution in [-0.2, 0) is 4.79 Å². The Morgan fingerprint density at radius 2 is 1.89 bits per heavy atom. The molecule has 4 radical (unpaired) electrons. The summed E-state index contributed by atoms with van der Waals surface area (Å²) in [5.74, 6) is -2.26. The largest absolute Gasteiger partial charge is 0.489 e. The number of aliphatic carboxylic acids is 1. The number of hydrogen-bond acceptors (Lipinski definition) is 2. The first-order valence-corrected chi connectivity index (χ1v) is 9.68. The molecule has 0 fully saturated rings. The predicted molar refractivity (Wildman–Crippen MR) is 115 cm³/mol. The highest BCUT2D eigenvalue weighted by Gasteiger charge is 2.21. The third-order valence-electron chi connectivity index (χ3n) is 5.18. The molecular weight excluding hydrogens is 369 g/mol. The van der Waals surface area contributed by atoms with Crippen molar-refractivity contribution < 1.29 is 14.6 Å². The molecule has 3 rings (SSSR count). The number of allylic oxidation sites excluding steroid dienone is 1. The minimum absolute atomic E-state index is 0.527. The number of halogens is 1. The lowest BCUT2D eigenvalue weighted by atomic mass is 9.63. The molecule has 140 valence electrons. The van der Waals surface area contributed by atoms with E-state index in [1.165, 1.54) is 16.7 Å². The van der Waals surface area contributed by atoms with Gasteiger partial charge >= 0.3 is 0 Å². The van der Waals surface area contributed by atoms with Crippen molar-refractivity contribution in [3.63, 3.8) is 0 Å². The normalized spacial score (nSPS) is 16.1. The fourth-order valence-corrected chi connectivity index (χ4v) is 3.66. The van der Waals surface area contributed by atoms with Gasteiger partial charge in [0, 0.05) is 10.8 Å². The fourth-order valence-electron chi connectivity index (χ4n) is 3.53. The van der Waals surface area contributed by atoms with E-state index in [0.717, 1.165) is 35.6 Å². The lowest BCUT2D eigenvalue weighted by Gasteiger charge is -2.19. The maximum Gasteiger partial charge on any atom is 0.297 e. The van der Waals surface area contributed by atoms with E-state index in [2.05, 4.69) is 12.1 Å². The van der Waals surface area contributed by atoms with Crippen LogP contribution in [-0.4, -0.2) is 33.4 Å². The monoisotopic (exact) mass is 390 g/mol. The van der Waals surface area contributed by atoms with Crippen LogP contribution in [0.3, 0.4) is 0 Å². The van der Waals surface area contributed by atoms with E-state index in [4.69, 9.17) is 37.1 Å². The van der Waals surface area contributed by atoms with Crippen LogP contribution in [0.1, 0.15) is 41.8 Å². The van der Waals surface area contributed by atoms with Crippen molar-refractivity contribution in [2.75, 3.05) is 6.61 Å². The number of hydrogen-bond donors (Lipinski definition) is 1. The Labute approximate surface area is 173 Å². The van der Waals surface area contributed by atoms with Gasteiger partial charge in [0.1, 0.15) is 12.4 Å². The fraction of sp³-hybridized carbons (Fsp3) is 0.318. The first-order chi connectivity index (χ1) is 13.4. The van der Waals surface area contributed by atoms with Crippen LogP contribution in [0.15, 0.2) is 48.0 Å². The third-order valence-corrected chi connectivity index (χ3v) is 5.43. The Morgan fingerprint density at radius 3 is 2.54 bits per heavy atom. The second-order valence-electron chi connectivity index (χ2n) is 7.15. The number of carboxylic acids is 1. The Balaban J connectivity index is 1.72. The van der Waals surface area contributed by atoms with Gasteiger partial charge in [-0.3, -0.25) is 4.79 Å². The van der Waals surface area contributed by atoms with E-state index in [1.54, 1.807) is 6.07 Å². The molecule has 0 spiro atoms. The van der Waals surface area contributed by atoms with Crippen molar-refractivity contribution >= 4 is 38.8 Å². The van der Waals surface area contributed by atoms with Crippen LogP contribution >= 0.6 is 11.6 Å². The lowest BCUT2D eigenvalue weighted by molar-refractivity contribution is -0.136. The second-order valence-corrected chi connectivity index (χ2v) is 7.58. The number of ether oxygens (including phenoxy) is 1. The van der Waals surface area contributed by atoms with Crippen molar-refractivity contribution in [1.29, 1.82) is 0 Å². The van der Waals surface area contributed by atoms with Crippen molar-refractivity contribution in [1.82, 2.24) is 0 Å². The molecule has 1 N–H and O–H groups in total. The molecule has 2 atom stereocenters. The van der Waals surface area contributed by atoms with E-state index in [9.17, 15) is 4.79 Å². The number of carboxylic acid groups (broad SMARTS) is 1. The summed E-state index contributed by atoms with van der Waals surface area (Å²) in [6.07, 6.45) is 3.18. The zero-order valence-electron chi connectivity index (χ0n) is 15.8. The molecule has 0 amide bonds. The summed E-state index contributed by atoms with van der Waals surface area (Å²) >= 11 is 6.00. The molecule has 28 heavy (non-hydrogen) atoms. The Hall–Kier alpha value is -2.13. The molecule has 6 heteroatoms. The van der Waals surface area contributed by atoms with Crippen molar-refractivity contribution in [3.05, 3.63) is 69.8 Å². The SMILES string of the molecule is [B]C(C(=O)O)C([B])c1ccc(OCC2=C(c3ccc(Cl)cc3)CCC2)c(C)c1. The highest BCUT2D eigenvalue weighted by molar-refractivity contribution is 6.30. The Morgan fingerprint density at radius 1 is 1.18 bits per heavy atom. The summed E-state index contributed by atoms with van der Waals surface area (Å²) in [6.45, 7) is 2.44. The number of rotatable bonds is 7. The quantitative estimate of drug-likeness (QED) is 0.683. The summed E-state index contributed by atoms with van der Waals surface area (Å²) in [6, 6.07) is 13.4. The molecule has 1 aliphatic carbocycles. The van der Waals surface area contributed by atoms with Crippen molar-refractivity contribution in [2.45, 2.75) is 37.8 Å². The Kier molecular flexibility index (Phi) is 6.56. The van der Waals surface area contributed by atoms with Gasteiger partial charge in [0.05, 0.1) is 15.7 Å². The maximum absolute atomic E-state index is 11.0. The van der Waals surface area contributed by atoms with E-state index < -0.39 is 17.6 Å². The molecular formula is C22H21B2ClO3. The van der Waals surface area contributed by atoms with Crippen LogP contribution in [0.2, 0.25) is 10.8 Å². The summed E-state index contributed by atoms with van der Waals surface area (Å²) in [4.78, 5) is 11.0. The van der Waals surface area contributed by atoms with Gasteiger partial charge in [-0.15, -0.1) is 0 Å². The summed E-state index contributed by atoms with van der Waals surface area (Å²) in [5, 5.41) is 9.77. The summed E-state index contributed by atoms with van der Waals surface area (Å²) in [5.41, 5.74) is 5.41. The number of benzene rings is 2. The van der Waals surface area contributed by atoms with Crippen molar-refractivity contribution in [2.24, 2.45) is 0 Å². The molecule has 2 aromatic carbocycles. The topological polar surface area (TPSA) is 46.5 Å². The summed E-state index contributed by atoms with van der Waals surface area (Å²) < 4.78 is 6.07. The van der Waals surface area contributed by atoms with E-state index in [1.807, 2.05) is 31.2 Å². The minimum Gasteiger partial charge on any atom is -0.489 e. The van der Waals surface area contributed by atoms with Crippen molar-refractivity contribution in [3.8, 4) is 5.75 Å². The highest BCUT2D eigenvalue weighted by atomic mass is 35.5. The molecule has 0 bridgehead atoms. The van der Waals surface area contributed by atoms with Gasteiger partial charge in [0.25, 0.3) is 5.97 Å². The maximum atomic E-state index is 11.0. The molecule has 1 aliphatic rings. The first kappa shape index (κ1) is 20.6. The molecule has 2 aromatic rings. The average Bonchev–Trinajstić information content (AvgIpc) is 3.15. The van der Waals surface area contributed by atoms with Crippen LogP contribution < -0.4 is 4.74 Å². The standard InChI is InChI=1S/C22H21B2ClO3/c1-13-11-15(20(23)21(24)22(26)27)7-10-19(13)28-12-16-3-2-4-18(16)14-5-8-17(25)9-6-14/h5-11,20-21H,2-4,12H2,1H3,(H,26,27).